The van der Waals surface area contributed by atoms with Gasteiger partial charge in [-0.15, -0.1) is 0 Å². The second-order valence-electron chi connectivity index (χ2n) is 7.63. The molecule has 1 saturated carbocycles. The van der Waals surface area contributed by atoms with Crippen molar-refractivity contribution < 1.29 is 136 Å². The Morgan fingerprint density at radius 2 is 0.419 bits per heavy atom. The third-order valence-corrected chi connectivity index (χ3v) is 9.18. The van der Waals surface area contributed by atoms with Crippen LogP contribution in [0.25, 0.3) is 0 Å². The van der Waals surface area contributed by atoms with Crippen molar-refractivity contribution in [3.05, 3.63) is 0 Å². The van der Waals surface area contributed by atoms with E-state index in [2.05, 4.69) is 85.5 Å². The van der Waals surface area contributed by atoms with Gasteiger partial charge in [0.15, 0.2) is 0 Å². The summed E-state index contributed by atoms with van der Waals surface area (Å²) >= 11 is 0. The fourth-order valence-corrected chi connectivity index (χ4v) is 8.22. The molecule has 37 heteroatoms. The van der Waals surface area contributed by atoms with E-state index in [9.17, 15) is 50.5 Å². The number of rotatable bonds is 0. The Kier molecular flexibility index (Phi) is 5.74. The minimum Gasteiger partial charge on any atom is -0.197 e. The van der Waals surface area contributed by atoms with E-state index in [1.54, 1.807) is 0 Å². The van der Waals surface area contributed by atoms with Gasteiger partial charge in [-0.3, -0.25) is 0 Å². The molecule has 0 N–H and O–H groups in total. The molecule has 0 aromatic rings. The van der Waals surface area contributed by atoms with E-state index in [-0.39, 0.29) is 0 Å². The highest BCUT2D eigenvalue weighted by atomic mass is 32.3. The zero-order chi connectivity index (χ0) is 31.4. The van der Waals surface area contributed by atoms with Gasteiger partial charge in [0.2, 0.25) is 0 Å². The lowest BCUT2D eigenvalue weighted by molar-refractivity contribution is -0.707. The van der Waals surface area contributed by atoms with E-state index < -0.39 is 97.1 Å². The zero-order valence-electron chi connectivity index (χ0n) is 18.1. The Morgan fingerprint density at radius 1 is 0.233 bits per heavy atom. The van der Waals surface area contributed by atoms with Crippen molar-refractivity contribution in [1.29, 1.82) is 0 Å². The Labute approximate surface area is 232 Å². The highest BCUT2D eigenvalue weighted by molar-refractivity contribution is 7.83. The summed E-state index contributed by atoms with van der Waals surface area (Å²) in [6, 6.07) is 0. The lowest BCUT2D eigenvalue weighted by Gasteiger charge is -2.59. The van der Waals surface area contributed by atoms with Crippen LogP contribution in [0, 0.1) is 0 Å². The van der Waals surface area contributed by atoms with E-state index in [1.165, 1.54) is 0 Å². The lowest BCUT2D eigenvalue weighted by Crippen LogP contribution is -2.96. The van der Waals surface area contributed by atoms with Gasteiger partial charge in [0, 0.05) is 0 Å². The standard InChI is InChI=1S/C6O31S6/c7-38(8)26-2-1(19-32-41(13,14)34-22-2)3(21-31-40(11,12)30-3)5(24-35-42(15,16)33-20-1)6(29-39(9,10)28-5)4(2,27-38)23-36-43(17,18)37-25-6/t1-,2+,3+,4-,5-,6-/m0/s1. The summed E-state index contributed by atoms with van der Waals surface area (Å²) in [6.07, 6.45) is 0. The molecule has 0 amide bonds. The van der Waals surface area contributed by atoms with Crippen LogP contribution in [0.5, 0.6) is 0 Å². The van der Waals surface area contributed by atoms with E-state index >= 15 is 0 Å². The fourth-order valence-electron chi connectivity index (χ4n) is 4.13. The smallest absolute Gasteiger partial charge is 0.197 e. The average Bonchev–Trinajstić information content (AvgIpc) is 3.36. The molecule has 6 heterocycles. The van der Waals surface area contributed by atoms with Crippen LogP contribution in [-0.4, -0.2) is 85.2 Å². The Bertz CT molecular complexity index is 1970. The maximum Gasteiger partial charge on any atom is 0.453 e. The predicted molar refractivity (Wildman–Crippen MR) is 90.5 cm³/mol. The molecule has 43 heavy (non-hydrogen) atoms. The minimum atomic E-state index is -6.23. The van der Waals surface area contributed by atoms with Crippen LogP contribution < -0.4 is 0 Å². The van der Waals surface area contributed by atoms with Gasteiger partial charge < -0.3 is 0 Å². The van der Waals surface area contributed by atoms with Gasteiger partial charge >= 0.3 is 97.1 Å². The van der Waals surface area contributed by atoms with E-state index in [0.29, 0.717) is 0 Å². The molecular weight excluding hydrogens is 760 g/mol. The monoisotopic (exact) mass is 760 g/mol. The molecule has 2 bridgehead atoms. The molecule has 246 valence electrons. The van der Waals surface area contributed by atoms with Crippen molar-refractivity contribution in [3.63, 3.8) is 0 Å². The van der Waals surface area contributed by atoms with E-state index in [1.807, 2.05) is 0 Å². The fraction of sp³-hybridized carbons (Fsp3) is 1.00. The summed E-state index contributed by atoms with van der Waals surface area (Å²) in [6.45, 7) is 0. The van der Waals surface area contributed by atoms with Gasteiger partial charge in [0.1, 0.15) is 0 Å². The molecule has 0 aromatic carbocycles. The molecule has 6 atom stereocenters. The normalized spacial score (nSPS) is 51.3. The van der Waals surface area contributed by atoms with Gasteiger partial charge in [-0.1, -0.05) is 30.3 Å². The Hall–Kier alpha value is -1.06. The third-order valence-electron chi connectivity index (χ3n) is 5.34. The zero-order valence-corrected chi connectivity index (χ0v) is 23.0. The molecule has 6 aliphatic heterocycles. The first kappa shape index (κ1) is 30.6. The van der Waals surface area contributed by atoms with Crippen molar-refractivity contribution in [1.82, 2.24) is 0 Å². The predicted octanol–water partition coefficient (Wildman–Crippen LogP) is -6.55. The Balaban J connectivity index is 1.74. The van der Waals surface area contributed by atoms with Gasteiger partial charge in [-0.25, -0.2) is 0 Å². The number of hydrogen-bond donors (Lipinski definition) is 0. The summed E-state index contributed by atoms with van der Waals surface area (Å²) in [4.78, 5) is 30.7. The van der Waals surface area contributed by atoms with E-state index in [0.717, 1.165) is 0 Å². The molecule has 7 aliphatic rings. The van der Waals surface area contributed by atoms with Crippen molar-refractivity contribution in [2.75, 3.05) is 0 Å². The van der Waals surface area contributed by atoms with Crippen LogP contribution in [0.15, 0.2) is 0 Å². The van der Waals surface area contributed by atoms with Crippen molar-refractivity contribution >= 4 is 62.4 Å². The number of hydrogen-bond acceptors (Lipinski definition) is 31. The first-order valence-corrected chi connectivity index (χ1v) is 17.1. The average molecular weight is 760 g/mol. The van der Waals surface area contributed by atoms with Gasteiger partial charge in [0.05, 0.1) is 0 Å². The molecule has 31 nitrogen and oxygen atoms in total. The van der Waals surface area contributed by atoms with Gasteiger partial charge in [-0.2, -0.15) is 106 Å². The first-order chi connectivity index (χ1) is 19.5. The molecule has 0 radical (unpaired) electrons. The van der Waals surface area contributed by atoms with Crippen LogP contribution in [0.2, 0.25) is 0 Å². The molecule has 0 unspecified atom stereocenters. The maximum atomic E-state index is 12.8. The maximum absolute atomic E-state index is 12.8. The van der Waals surface area contributed by atoms with Gasteiger partial charge in [0.25, 0.3) is 0 Å². The summed E-state index contributed by atoms with van der Waals surface area (Å²) in [5, 5.41) is 0. The van der Waals surface area contributed by atoms with Crippen molar-refractivity contribution in [2.45, 2.75) is 34.7 Å². The van der Waals surface area contributed by atoms with Crippen LogP contribution in [0.4, 0.5) is 0 Å². The second-order valence-corrected chi connectivity index (χ2v) is 14.3. The topological polar surface area (TPSA) is 380 Å². The largest absolute Gasteiger partial charge is 0.453 e. The quantitative estimate of drug-likeness (QED) is 0.207. The minimum absolute atomic E-state index is 3.82. The molecular formula is C6O31S6. The summed E-state index contributed by atoms with van der Waals surface area (Å²) in [5.41, 5.74) is 0. The van der Waals surface area contributed by atoms with Crippen molar-refractivity contribution in [2.24, 2.45) is 0 Å². The molecule has 7 rings (SSSR count). The first-order valence-electron chi connectivity index (χ1n) is 9.12. The molecule has 1 aliphatic carbocycles. The molecule has 6 saturated heterocycles. The summed E-state index contributed by atoms with van der Waals surface area (Å²) in [7, 11) is -36.4. The highest BCUT2D eigenvalue weighted by Gasteiger charge is 3.12. The van der Waals surface area contributed by atoms with Crippen LogP contribution in [-0.2, 0) is 148 Å². The summed E-state index contributed by atoms with van der Waals surface area (Å²) in [5.74, 6) is -29.1. The van der Waals surface area contributed by atoms with Gasteiger partial charge in [-0.05, 0) is 0 Å². The van der Waals surface area contributed by atoms with Crippen LogP contribution in [0.3, 0.4) is 0 Å². The third kappa shape index (κ3) is 3.57. The molecule has 6 spiro atoms. The van der Waals surface area contributed by atoms with Crippen LogP contribution >= 0.6 is 0 Å². The van der Waals surface area contributed by atoms with Crippen LogP contribution in [0.1, 0.15) is 0 Å². The molecule has 7 fully saturated rings. The SMILES string of the molecule is O=S1(=O)OO[C@@]23OS(=O)(=O)O[C@]24OOS(=O)(=O)OO[C@]2(OOS(=O)(=O)OO[C@@]25OS(=O)(=O)O[C@]35OO1)[C@]41OOS(=O)(=O)O1. The summed E-state index contributed by atoms with van der Waals surface area (Å²) < 4.78 is 198. The van der Waals surface area contributed by atoms with Crippen molar-refractivity contribution in [3.8, 4) is 0 Å². The lowest BCUT2D eigenvalue weighted by atomic mass is 9.69. The Morgan fingerprint density at radius 3 is 0.651 bits per heavy atom. The highest BCUT2D eigenvalue weighted by Crippen LogP contribution is 2.75. The second kappa shape index (κ2) is 8.07. The molecule has 0 aromatic heterocycles. The van der Waals surface area contributed by atoms with E-state index in [4.69, 9.17) is 0 Å².